The number of likely N-dealkylation sites (N-methyl/N-ethyl adjacent to an activating group) is 1. The summed E-state index contributed by atoms with van der Waals surface area (Å²) >= 11 is 1.35. The van der Waals surface area contributed by atoms with Crippen molar-refractivity contribution in [3.8, 4) is 10.4 Å². The van der Waals surface area contributed by atoms with E-state index in [9.17, 15) is 14.4 Å². The SMILES string of the molecule is CCOC(=O)c1c(NC(=O)CN(CC)CC(=O)NC(C)C)sc(-c2ccccc2)c1C. The van der Waals surface area contributed by atoms with Crippen LogP contribution in [0.15, 0.2) is 30.3 Å². The van der Waals surface area contributed by atoms with E-state index in [-0.39, 0.29) is 37.6 Å². The Kier molecular flexibility index (Phi) is 9.21. The van der Waals surface area contributed by atoms with E-state index >= 15 is 0 Å². The molecule has 2 rings (SSSR count). The van der Waals surface area contributed by atoms with E-state index in [2.05, 4.69) is 10.6 Å². The summed E-state index contributed by atoms with van der Waals surface area (Å²) in [5.74, 6) is -0.877. The van der Waals surface area contributed by atoms with Crippen LogP contribution in [-0.2, 0) is 14.3 Å². The molecule has 2 amide bonds. The van der Waals surface area contributed by atoms with Gasteiger partial charge in [-0.15, -0.1) is 11.3 Å². The molecule has 0 saturated heterocycles. The average Bonchev–Trinajstić information content (AvgIpc) is 3.03. The van der Waals surface area contributed by atoms with E-state index in [1.165, 1.54) is 11.3 Å². The van der Waals surface area contributed by atoms with Gasteiger partial charge in [-0.25, -0.2) is 4.79 Å². The lowest BCUT2D eigenvalue weighted by molar-refractivity contribution is -0.123. The van der Waals surface area contributed by atoms with E-state index in [0.29, 0.717) is 17.1 Å². The van der Waals surface area contributed by atoms with Crippen molar-refractivity contribution in [3.05, 3.63) is 41.5 Å². The molecule has 0 bridgehead atoms. The van der Waals surface area contributed by atoms with E-state index in [0.717, 1.165) is 16.0 Å². The number of benzene rings is 1. The van der Waals surface area contributed by atoms with E-state index in [4.69, 9.17) is 4.74 Å². The number of rotatable bonds is 10. The normalized spacial score (nSPS) is 10.9. The Morgan fingerprint density at radius 3 is 2.29 bits per heavy atom. The van der Waals surface area contributed by atoms with Crippen LogP contribution in [0.4, 0.5) is 5.00 Å². The van der Waals surface area contributed by atoms with Gasteiger partial charge in [0.25, 0.3) is 0 Å². The topological polar surface area (TPSA) is 87.7 Å². The van der Waals surface area contributed by atoms with Crippen molar-refractivity contribution in [3.63, 3.8) is 0 Å². The summed E-state index contributed by atoms with van der Waals surface area (Å²) in [5.41, 5.74) is 2.12. The van der Waals surface area contributed by atoms with Gasteiger partial charge in [-0.3, -0.25) is 14.5 Å². The van der Waals surface area contributed by atoms with Gasteiger partial charge in [0, 0.05) is 10.9 Å². The van der Waals surface area contributed by atoms with Gasteiger partial charge in [0.1, 0.15) is 5.00 Å². The van der Waals surface area contributed by atoms with Crippen LogP contribution in [-0.4, -0.2) is 55.0 Å². The predicted molar refractivity (Wildman–Crippen MR) is 124 cm³/mol. The molecule has 0 fully saturated rings. The number of nitrogens with zero attached hydrogens (tertiary/aromatic N) is 1. The van der Waals surface area contributed by atoms with Crippen LogP contribution in [0.3, 0.4) is 0 Å². The fraction of sp³-hybridized carbons (Fsp3) is 0.435. The minimum Gasteiger partial charge on any atom is -0.462 e. The van der Waals surface area contributed by atoms with Crippen LogP contribution in [0.1, 0.15) is 43.6 Å². The summed E-state index contributed by atoms with van der Waals surface area (Å²) < 4.78 is 5.23. The summed E-state index contributed by atoms with van der Waals surface area (Å²) in [6.45, 7) is 10.2. The Labute approximate surface area is 187 Å². The third-order valence-corrected chi connectivity index (χ3v) is 5.80. The molecule has 2 N–H and O–H groups in total. The summed E-state index contributed by atoms with van der Waals surface area (Å²) in [7, 11) is 0. The number of thiophene rings is 1. The lowest BCUT2D eigenvalue weighted by Crippen LogP contribution is -2.42. The zero-order valence-corrected chi connectivity index (χ0v) is 19.6. The molecule has 0 atom stereocenters. The maximum absolute atomic E-state index is 12.7. The Bertz CT molecular complexity index is 909. The number of hydrogen-bond donors (Lipinski definition) is 2. The second-order valence-corrected chi connectivity index (χ2v) is 8.44. The Balaban J connectivity index is 2.23. The Morgan fingerprint density at radius 2 is 1.71 bits per heavy atom. The smallest absolute Gasteiger partial charge is 0.341 e. The highest BCUT2D eigenvalue weighted by Gasteiger charge is 2.25. The number of carbonyl (C=O) groups is 3. The third-order valence-electron chi connectivity index (χ3n) is 4.55. The van der Waals surface area contributed by atoms with Gasteiger partial charge in [0.15, 0.2) is 0 Å². The van der Waals surface area contributed by atoms with Crippen molar-refractivity contribution in [1.29, 1.82) is 0 Å². The highest BCUT2D eigenvalue weighted by Crippen LogP contribution is 2.40. The molecule has 2 aromatic rings. The Morgan fingerprint density at radius 1 is 1.06 bits per heavy atom. The summed E-state index contributed by atoms with van der Waals surface area (Å²) in [6, 6.07) is 9.75. The van der Waals surface area contributed by atoms with Crippen LogP contribution in [0.2, 0.25) is 0 Å². The minimum absolute atomic E-state index is 0.0395. The van der Waals surface area contributed by atoms with Gasteiger partial charge in [0.2, 0.25) is 11.8 Å². The van der Waals surface area contributed by atoms with Crippen molar-refractivity contribution >= 4 is 34.1 Å². The second kappa shape index (κ2) is 11.6. The molecule has 7 nitrogen and oxygen atoms in total. The first-order chi connectivity index (χ1) is 14.8. The first kappa shape index (κ1) is 24.6. The van der Waals surface area contributed by atoms with Crippen molar-refractivity contribution < 1.29 is 19.1 Å². The standard InChI is InChI=1S/C23H31N3O4S/c1-6-26(13-18(27)24-15(3)4)14-19(28)25-22-20(23(29)30-7-2)16(5)21(31-22)17-11-9-8-10-12-17/h8-12,15H,6-7,13-14H2,1-5H3,(H,24,27)(H,25,28). The molecule has 0 aliphatic heterocycles. The molecule has 0 spiro atoms. The van der Waals surface area contributed by atoms with Crippen LogP contribution in [0.25, 0.3) is 10.4 Å². The maximum Gasteiger partial charge on any atom is 0.341 e. The second-order valence-electron chi connectivity index (χ2n) is 7.42. The fourth-order valence-corrected chi connectivity index (χ4v) is 4.35. The monoisotopic (exact) mass is 445 g/mol. The van der Waals surface area contributed by atoms with Crippen LogP contribution in [0.5, 0.6) is 0 Å². The van der Waals surface area contributed by atoms with Crippen molar-refractivity contribution in [1.82, 2.24) is 10.2 Å². The molecule has 1 heterocycles. The van der Waals surface area contributed by atoms with Gasteiger partial charge < -0.3 is 15.4 Å². The first-order valence-corrected chi connectivity index (χ1v) is 11.3. The van der Waals surface area contributed by atoms with Gasteiger partial charge in [-0.05, 0) is 45.4 Å². The molecule has 8 heteroatoms. The molecule has 0 aliphatic carbocycles. The van der Waals surface area contributed by atoms with E-state index in [1.54, 1.807) is 11.8 Å². The van der Waals surface area contributed by atoms with E-state index < -0.39 is 5.97 Å². The summed E-state index contributed by atoms with van der Waals surface area (Å²) in [4.78, 5) is 40.0. The molecule has 1 aromatic heterocycles. The maximum atomic E-state index is 12.7. The van der Waals surface area contributed by atoms with Crippen LogP contribution in [0, 0.1) is 6.92 Å². The van der Waals surface area contributed by atoms with Crippen LogP contribution < -0.4 is 10.6 Å². The number of esters is 1. The summed E-state index contributed by atoms with van der Waals surface area (Å²) in [6.07, 6.45) is 0. The van der Waals surface area contributed by atoms with Crippen molar-refractivity contribution in [2.75, 3.05) is 31.6 Å². The number of amides is 2. The highest BCUT2D eigenvalue weighted by molar-refractivity contribution is 7.20. The average molecular weight is 446 g/mol. The molecule has 31 heavy (non-hydrogen) atoms. The first-order valence-electron chi connectivity index (χ1n) is 10.4. The number of carbonyl (C=O) groups excluding carboxylic acids is 3. The number of nitrogens with one attached hydrogen (secondary N) is 2. The molecule has 0 saturated carbocycles. The van der Waals surface area contributed by atoms with Gasteiger partial charge in [0.05, 0.1) is 25.3 Å². The van der Waals surface area contributed by atoms with Gasteiger partial charge in [-0.2, -0.15) is 0 Å². The number of anilines is 1. The predicted octanol–water partition coefficient (Wildman–Crippen LogP) is 3.69. The largest absolute Gasteiger partial charge is 0.462 e. The quantitative estimate of drug-likeness (QED) is 0.545. The zero-order chi connectivity index (χ0) is 23.0. The molecule has 0 radical (unpaired) electrons. The van der Waals surface area contributed by atoms with Gasteiger partial charge >= 0.3 is 5.97 Å². The number of hydrogen-bond acceptors (Lipinski definition) is 6. The Hall–Kier alpha value is -2.71. The van der Waals surface area contributed by atoms with E-state index in [1.807, 2.05) is 58.0 Å². The fourth-order valence-electron chi connectivity index (χ4n) is 3.13. The number of ether oxygens (including phenoxy) is 1. The van der Waals surface area contributed by atoms with Gasteiger partial charge in [-0.1, -0.05) is 37.3 Å². The van der Waals surface area contributed by atoms with Crippen LogP contribution >= 0.6 is 11.3 Å². The third kappa shape index (κ3) is 6.90. The molecular formula is C23H31N3O4S. The molecular weight excluding hydrogens is 414 g/mol. The van der Waals surface area contributed by atoms with Crippen molar-refractivity contribution in [2.24, 2.45) is 0 Å². The molecule has 1 aromatic carbocycles. The lowest BCUT2D eigenvalue weighted by atomic mass is 10.1. The van der Waals surface area contributed by atoms with Crippen molar-refractivity contribution in [2.45, 2.75) is 40.7 Å². The molecule has 0 unspecified atom stereocenters. The summed E-state index contributed by atoms with van der Waals surface area (Å²) in [5, 5.41) is 6.15. The molecule has 0 aliphatic rings. The zero-order valence-electron chi connectivity index (χ0n) is 18.8. The minimum atomic E-state index is -0.461. The molecule has 168 valence electrons. The lowest BCUT2D eigenvalue weighted by Gasteiger charge is -2.20. The highest BCUT2D eigenvalue weighted by atomic mass is 32.1.